The number of nitrogens with two attached hydrogens (primary N) is 1. The number of nitrogens with zero attached hydrogens (tertiary/aromatic N) is 7. The number of aromatic nitrogens is 4. The Morgan fingerprint density at radius 3 is 2.09 bits per heavy atom. The second-order valence-electron chi connectivity index (χ2n) is 15.6. The number of aliphatic imine (C=N–C) groups is 1. The quantitative estimate of drug-likeness (QED) is 0.0558. The Hall–Kier alpha value is -7.16. The Labute approximate surface area is 386 Å². The molecule has 0 saturated carbocycles. The molecule has 0 spiro atoms. The summed E-state index contributed by atoms with van der Waals surface area (Å²) >= 11 is 0. The molecular weight excluding hydrogens is 899 g/mol. The highest BCUT2D eigenvalue weighted by Crippen LogP contribution is 2.37. The van der Waals surface area contributed by atoms with Crippen LogP contribution < -0.4 is 25.0 Å². The first-order chi connectivity index (χ1) is 32.5. The van der Waals surface area contributed by atoms with E-state index in [2.05, 4.69) is 20.1 Å². The predicted molar refractivity (Wildman–Crippen MR) is 247 cm³/mol. The number of ether oxygens (including phenoxy) is 4. The summed E-state index contributed by atoms with van der Waals surface area (Å²) in [6, 6.07) is 18.2. The summed E-state index contributed by atoms with van der Waals surface area (Å²) in [5.74, 6) is 1.04. The van der Waals surface area contributed by atoms with Crippen LogP contribution >= 0.6 is 0 Å². The molecule has 0 saturated heterocycles. The summed E-state index contributed by atoms with van der Waals surface area (Å²) in [4.78, 5) is 15.7. The Balaban J connectivity index is 1.12. The maximum absolute atomic E-state index is 13.9. The second kappa shape index (κ2) is 20.8. The van der Waals surface area contributed by atoms with Crippen molar-refractivity contribution in [3.8, 4) is 22.6 Å². The maximum Gasteiger partial charge on any atom is 0.416 e. The number of methoxy groups -OCH3 is 3. The summed E-state index contributed by atoms with van der Waals surface area (Å²) in [5, 5.41) is 26.2. The van der Waals surface area contributed by atoms with Gasteiger partial charge in [-0.15, -0.1) is 0 Å². The van der Waals surface area contributed by atoms with Gasteiger partial charge in [0.05, 0.1) is 57.2 Å². The number of hydrogen-bond acceptors (Lipinski definition) is 13. The fourth-order valence-electron chi connectivity index (χ4n) is 7.50. The molecule has 0 fully saturated rings. The van der Waals surface area contributed by atoms with Crippen LogP contribution in [0.4, 0.5) is 43.4 Å². The minimum absolute atomic E-state index is 0.0688. The third kappa shape index (κ3) is 11.5. The minimum Gasteiger partial charge on any atom is -0.501 e. The standard InChI is InChI=1S/C48H48F6N8O6/c1-56-22-33(21-55)31-11-29-13-36(6-7-43(29)57-23-31)62(28-46(64)48(52,53)54)38-17-41(67-4)20-42(18-38)68-10-9-60-26-34(25-59-60)32-12-30-14-35(5-8-44(30)58-24-32)61(27-45(63)47(49,50)51)37-15-39(65-2)19-40(16-37)66-3/h5-8,11-18,20-26,39,45-46,63-64H,9-10,19,27-28,55H2,1-4H3. The molecule has 358 valence electrons. The number of benzene rings is 3. The first kappa shape index (κ1) is 48.8. The van der Waals surface area contributed by atoms with Crippen LogP contribution in [-0.4, -0.2) is 115 Å². The zero-order chi connectivity index (χ0) is 48.8. The summed E-state index contributed by atoms with van der Waals surface area (Å²) in [7, 11) is 5.95. The molecule has 3 heterocycles. The van der Waals surface area contributed by atoms with Gasteiger partial charge >= 0.3 is 12.4 Å². The van der Waals surface area contributed by atoms with Crippen LogP contribution in [0.3, 0.4) is 0 Å². The van der Waals surface area contributed by atoms with Crippen LogP contribution in [0.15, 0.2) is 126 Å². The lowest BCUT2D eigenvalue weighted by Gasteiger charge is -2.32. The second-order valence-corrected chi connectivity index (χ2v) is 15.6. The highest BCUT2D eigenvalue weighted by Gasteiger charge is 2.41. The van der Waals surface area contributed by atoms with E-state index in [9.17, 15) is 36.6 Å². The van der Waals surface area contributed by atoms with E-state index >= 15 is 0 Å². The van der Waals surface area contributed by atoms with E-state index in [4.69, 9.17) is 24.7 Å². The van der Waals surface area contributed by atoms with E-state index in [0.29, 0.717) is 73.3 Å². The third-order valence-electron chi connectivity index (χ3n) is 11.1. The molecule has 7 rings (SSSR count). The van der Waals surface area contributed by atoms with Crippen LogP contribution in [0.1, 0.15) is 12.0 Å². The zero-order valence-corrected chi connectivity index (χ0v) is 37.2. The first-order valence-electron chi connectivity index (χ1n) is 21.0. The third-order valence-corrected chi connectivity index (χ3v) is 11.1. The molecule has 0 radical (unpaired) electrons. The Morgan fingerprint density at radius 2 is 1.46 bits per heavy atom. The van der Waals surface area contributed by atoms with Crippen LogP contribution in [0.5, 0.6) is 11.5 Å². The van der Waals surface area contributed by atoms with Crippen molar-refractivity contribution < 1.29 is 55.5 Å². The van der Waals surface area contributed by atoms with Gasteiger partial charge in [0.2, 0.25) is 0 Å². The fraction of sp³-hybridized carbons (Fsp3) is 0.292. The fourth-order valence-corrected chi connectivity index (χ4v) is 7.50. The number of halogens is 6. The molecule has 3 aromatic heterocycles. The van der Waals surface area contributed by atoms with Crippen molar-refractivity contribution in [2.75, 3.05) is 57.9 Å². The van der Waals surface area contributed by atoms with Crippen LogP contribution in [0.25, 0.3) is 38.5 Å². The van der Waals surface area contributed by atoms with Crippen molar-refractivity contribution in [3.63, 3.8) is 0 Å². The molecule has 4 N–H and O–H groups in total. The van der Waals surface area contributed by atoms with Gasteiger partial charge in [-0.25, -0.2) is 0 Å². The van der Waals surface area contributed by atoms with Crippen LogP contribution in [0.2, 0.25) is 0 Å². The lowest BCUT2D eigenvalue weighted by Crippen LogP contribution is -2.41. The van der Waals surface area contributed by atoms with Gasteiger partial charge in [-0.05, 0) is 60.7 Å². The average Bonchev–Trinajstić information content (AvgIpc) is 3.81. The summed E-state index contributed by atoms with van der Waals surface area (Å²) in [6.07, 6.45) is -2.39. The lowest BCUT2D eigenvalue weighted by atomic mass is 10.0. The number of aliphatic hydroxyl groups excluding tert-OH is 2. The number of aliphatic hydroxyl groups is 2. The van der Waals surface area contributed by atoms with Crippen molar-refractivity contribution in [2.24, 2.45) is 10.7 Å². The lowest BCUT2D eigenvalue weighted by molar-refractivity contribution is -0.200. The number of allylic oxidation sites excluding steroid dienone is 2. The number of hydrogen-bond donors (Lipinski definition) is 3. The highest BCUT2D eigenvalue weighted by atomic mass is 19.4. The van der Waals surface area contributed by atoms with Crippen molar-refractivity contribution in [2.45, 2.75) is 43.6 Å². The van der Waals surface area contributed by atoms with Crippen molar-refractivity contribution >= 4 is 50.7 Å². The van der Waals surface area contributed by atoms with Gasteiger partial charge in [0.25, 0.3) is 0 Å². The molecular formula is C48H48F6N8O6. The Morgan fingerprint density at radius 1 is 0.809 bits per heavy atom. The van der Waals surface area contributed by atoms with E-state index in [1.54, 1.807) is 109 Å². The van der Waals surface area contributed by atoms with Crippen LogP contribution in [-0.2, 0) is 16.0 Å². The molecule has 3 atom stereocenters. The Kier molecular flexibility index (Phi) is 14.9. The number of alkyl halides is 6. The molecule has 1 aliphatic carbocycles. The largest absolute Gasteiger partial charge is 0.501 e. The topological polar surface area (TPSA) is 166 Å². The molecule has 6 aromatic rings. The monoisotopic (exact) mass is 946 g/mol. The molecule has 14 nitrogen and oxygen atoms in total. The summed E-state index contributed by atoms with van der Waals surface area (Å²) < 4.78 is 107. The number of fused-ring (bicyclic) bond motifs is 2. The van der Waals surface area contributed by atoms with Gasteiger partial charge in [0.15, 0.2) is 12.2 Å². The smallest absolute Gasteiger partial charge is 0.416 e. The first-order valence-corrected chi connectivity index (χ1v) is 21.0. The van der Waals surface area contributed by atoms with Gasteiger partial charge < -0.3 is 44.7 Å². The molecule has 0 aliphatic heterocycles. The normalized spacial score (nSPS) is 15.6. The minimum atomic E-state index is -4.92. The van der Waals surface area contributed by atoms with Gasteiger partial charge in [-0.2, -0.15) is 31.4 Å². The molecule has 0 bridgehead atoms. The van der Waals surface area contributed by atoms with Crippen LogP contribution in [0, 0.1) is 0 Å². The average molecular weight is 947 g/mol. The summed E-state index contributed by atoms with van der Waals surface area (Å²) in [5.41, 5.74) is 10.8. The van der Waals surface area contributed by atoms with Crippen molar-refractivity contribution in [1.82, 2.24) is 19.7 Å². The number of rotatable bonds is 18. The van der Waals surface area contributed by atoms with E-state index in [-0.39, 0.29) is 30.3 Å². The van der Waals surface area contributed by atoms with E-state index in [1.165, 1.54) is 43.4 Å². The molecule has 20 heteroatoms. The number of anilines is 3. The molecule has 68 heavy (non-hydrogen) atoms. The molecule has 3 unspecified atom stereocenters. The molecule has 0 amide bonds. The maximum atomic E-state index is 13.9. The zero-order valence-electron chi connectivity index (χ0n) is 37.2. The van der Waals surface area contributed by atoms with E-state index in [0.717, 1.165) is 0 Å². The summed E-state index contributed by atoms with van der Waals surface area (Å²) in [6.45, 7) is -1.34. The van der Waals surface area contributed by atoms with Gasteiger partial charge in [0.1, 0.15) is 23.9 Å². The van der Waals surface area contributed by atoms with E-state index in [1.807, 2.05) is 6.07 Å². The molecule has 3 aromatic carbocycles. The highest BCUT2D eigenvalue weighted by molar-refractivity contribution is 6.10. The predicted octanol–water partition coefficient (Wildman–Crippen LogP) is 8.36. The molecule has 1 aliphatic rings. The van der Waals surface area contributed by atoms with Gasteiger partial charge in [0, 0.05) is 126 Å². The van der Waals surface area contributed by atoms with Crippen molar-refractivity contribution in [1.29, 1.82) is 0 Å². The SMILES string of the molecule is CN=CC(=CN)c1cnc2ccc(N(CC(O)C(F)(F)F)c3cc(OC)cc(OCCn4cc(-c5cnc6ccc(N(CC(O)C(F)(F)F)C7=CC(OC)CC(OC)=C7)cc6c5)cn4)c3)cc2c1. The van der Waals surface area contributed by atoms with Crippen molar-refractivity contribution in [3.05, 3.63) is 127 Å². The van der Waals surface area contributed by atoms with Gasteiger partial charge in [-0.1, -0.05) is 0 Å². The number of pyridine rings is 2. The van der Waals surface area contributed by atoms with Gasteiger partial charge in [-0.3, -0.25) is 19.6 Å². The Bertz CT molecular complexity index is 2860. The van der Waals surface area contributed by atoms with E-state index < -0.39 is 43.8 Å².